The second kappa shape index (κ2) is 9.60. The summed E-state index contributed by atoms with van der Waals surface area (Å²) in [4.78, 5) is 29.5. The molecule has 2 aromatic carbocycles. The van der Waals surface area contributed by atoms with E-state index >= 15 is 0 Å². The Balaban J connectivity index is 1.52. The molecule has 0 saturated heterocycles. The van der Waals surface area contributed by atoms with Crippen LogP contribution in [0.15, 0.2) is 54.6 Å². The van der Waals surface area contributed by atoms with Crippen molar-refractivity contribution in [2.75, 3.05) is 26.6 Å². The number of pyridine rings is 1. The van der Waals surface area contributed by atoms with E-state index in [0.717, 1.165) is 18.4 Å². The lowest BCUT2D eigenvalue weighted by Gasteiger charge is -2.14. The molecule has 0 spiro atoms. The van der Waals surface area contributed by atoms with Crippen LogP contribution in [0.25, 0.3) is 11.3 Å². The van der Waals surface area contributed by atoms with Crippen molar-refractivity contribution in [3.63, 3.8) is 0 Å². The average Bonchev–Trinajstić information content (AvgIpc) is 3.67. The molecule has 0 atom stereocenters. The zero-order chi connectivity index (χ0) is 23.4. The summed E-state index contributed by atoms with van der Waals surface area (Å²) in [6.45, 7) is 0. The van der Waals surface area contributed by atoms with Crippen LogP contribution in [0.3, 0.4) is 0 Å². The average molecular weight is 447 g/mol. The largest absolute Gasteiger partial charge is 0.493 e. The number of ether oxygens (including phenoxy) is 3. The summed E-state index contributed by atoms with van der Waals surface area (Å²) in [5, 5.41) is 5.78. The van der Waals surface area contributed by atoms with Crippen LogP contribution in [0.4, 0.5) is 5.69 Å². The molecule has 2 N–H and O–H groups in total. The zero-order valence-corrected chi connectivity index (χ0v) is 18.7. The van der Waals surface area contributed by atoms with Gasteiger partial charge < -0.3 is 24.8 Å². The van der Waals surface area contributed by atoms with E-state index in [1.165, 1.54) is 21.3 Å². The van der Waals surface area contributed by atoms with Crippen LogP contribution < -0.4 is 24.8 Å². The van der Waals surface area contributed by atoms with Gasteiger partial charge in [-0.05, 0) is 37.1 Å². The van der Waals surface area contributed by atoms with Crippen molar-refractivity contribution < 1.29 is 23.8 Å². The van der Waals surface area contributed by atoms with Crippen LogP contribution in [-0.2, 0) is 0 Å². The molecule has 8 heteroatoms. The number of rotatable bonds is 8. The van der Waals surface area contributed by atoms with E-state index in [-0.39, 0.29) is 17.5 Å². The maximum Gasteiger partial charge on any atom is 0.274 e. The minimum Gasteiger partial charge on any atom is -0.493 e. The van der Waals surface area contributed by atoms with E-state index in [9.17, 15) is 9.59 Å². The van der Waals surface area contributed by atoms with Crippen molar-refractivity contribution in [3.8, 4) is 28.5 Å². The predicted octanol–water partition coefficient (Wildman–Crippen LogP) is 3.92. The van der Waals surface area contributed by atoms with Crippen LogP contribution in [0.2, 0.25) is 0 Å². The quantitative estimate of drug-likeness (QED) is 0.543. The van der Waals surface area contributed by atoms with Gasteiger partial charge in [-0.25, -0.2) is 4.98 Å². The fourth-order valence-electron chi connectivity index (χ4n) is 3.36. The molecular formula is C25H25N3O5. The predicted molar refractivity (Wildman–Crippen MR) is 124 cm³/mol. The van der Waals surface area contributed by atoms with Gasteiger partial charge >= 0.3 is 0 Å². The third-order valence-electron chi connectivity index (χ3n) is 5.26. The number of methoxy groups -OCH3 is 3. The Morgan fingerprint density at radius 1 is 0.879 bits per heavy atom. The van der Waals surface area contributed by atoms with E-state index in [1.807, 2.05) is 18.2 Å². The molecule has 1 aromatic heterocycles. The molecule has 1 fully saturated rings. The summed E-state index contributed by atoms with van der Waals surface area (Å²) in [5.74, 6) is 0.841. The molecule has 8 nitrogen and oxygen atoms in total. The zero-order valence-electron chi connectivity index (χ0n) is 18.7. The van der Waals surface area contributed by atoms with E-state index in [2.05, 4.69) is 15.6 Å². The van der Waals surface area contributed by atoms with Crippen molar-refractivity contribution in [1.82, 2.24) is 10.3 Å². The van der Waals surface area contributed by atoms with E-state index < -0.39 is 0 Å². The van der Waals surface area contributed by atoms with Gasteiger partial charge in [0.1, 0.15) is 5.69 Å². The maximum absolute atomic E-state index is 12.9. The Morgan fingerprint density at radius 2 is 1.55 bits per heavy atom. The minimum atomic E-state index is -0.383. The summed E-state index contributed by atoms with van der Waals surface area (Å²) in [6.07, 6.45) is 2.08. The summed E-state index contributed by atoms with van der Waals surface area (Å²) < 4.78 is 16.0. The van der Waals surface area contributed by atoms with Gasteiger partial charge in [0.15, 0.2) is 11.5 Å². The molecule has 1 aliphatic carbocycles. The number of nitrogens with one attached hydrogen (secondary N) is 2. The summed E-state index contributed by atoms with van der Waals surface area (Å²) >= 11 is 0. The summed E-state index contributed by atoms with van der Waals surface area (Å²) in [6, 6.07) is 16.0. The first-order valence-corrected chi connectivity index (χ1v) is 10.5. The maximum atomic E-state index is 12.9. The van der Waals surface area contributed by atoms with Gasteiger partial charge in [-0.15, -0.1) is 0 Å². The summed E-state index contributed by atoms with van der Waals surface area (Å²) in [5.41, 5.74) is 2.76. The fourth-order valence-corrected chi connectivity index (χ4v) is 3.36. The number of hydrogen-bond acceptors (Lipinski definition) is 6. The number of amides is 2. The van der Waals surface area contributed by atoms with Crippen molar-refractivity contribution in [2.45, 2.75) is 18.9 Å². The molecule has 1 aliphatic rings. The molecule has 1 saturated carbocycles. The Morgan fingerprint density at radius 3 is 2.12 bits per heavy atom. The Labute approximate surface area is 191 Å². The molecular weight excluding hydrogens is 422 g/mol. The minimum absolute atomic E-state index is 0.0736. The molecule has 0 bridgehead atoms. The highest BCUT2D eigenvalue weighted by atomic mass is 16.5. The standard InChI is InChI=1S/C25H25N3O5/c1-31-21-13-18(14-22(32-2)23(21)33-3)27-25(30)20-6-4-5-19(28-20)15-7-9-16(10-8-15)24(29)26-17-11-12-17/h4-10,13-14,17H,11-12H2,1-3H3,(H,26,29)(H,27,30). The third kappa shape index (κ3) is 5.06. The number of aromatic nitrogens is 1. The van der Waals surface area contributed by atoms with Crippen molar-refractivity contribution in [2.24, 2.45) is 0 Å². The first kappa shape index (κ1) is 22.1. The van der Waals surface area contributed by atoms with Gasteiger partial charge in [0, 0.05) is 35.0 Å². The van der Waals surface area contributed by atoms with Gasteiger partial charge in [0.2, 0.25) is 5.75 Å². The van der Waals surface area contributed by atoms with Crippen LogP contribution in [0.1, 0.15) is 33.7 Å². The SMILES string of the molecule is COc1cc(NC(=O)c2cccc(-c3ccc(C(=O)NC4CC4)cc3)n2)cc(OC)c1OC. The highest BCUT2D eigenvalue weighted by Gasteiger charge is 2.23. The highest BCUT2D eigenvalue weighted by Crippen LogP contribution is 2.40. The van der Waals surface area contributed by atoms with Gasteiger partial charge in [0.05, 0.1) is 27.0 Å². The smallest absolute Gasteiger partial charge is 0.274 e. The van der Waals surface area contributed by atoms with Gasteiger partial charge in [-0.1, -0.05) is 18.2 Å². The van der Waals surface area contributed by atoms with Crippen LogP contribution in [-0.4, -0.2) is 44.2 Å². The number of anilines is 1. The Kier molecular flexibility index (Phi) is 6.44. The van der Waals surface area contributed by atoms with E-state index in [4.69, 9.17) is 14.2 Å². The first-order chi connectivity index (χ1) is 16.0. The van der Waals surface area contributed by atoms with Gasteiger partial charge in [0.25, 0.3) is 11.8 Å². The van der Waals surface area contributed by atoms with E-state index in [1.54, 1.807) is 36.4 Å². The molecule has 4 rings (SSSR count). The highest BCUT2D eigenvalue weighted by molar-refractivity contribution is 6.03. The van der Waals surface area contributed by atoms with Crippen molar-refractivity contribution in [3.05, 3.63) is 65.9 Å². The fraction of sp³-hybridized carbons (Fsp3) is 0.240. The lowest BCUT2D eigenvalue weighted by molar-refractivity contribution is 0.0950. The number of hydrogen-bond donors (Lipinski definition) is 2. The van der Waals surface area contributed by atoms with Crippen molar-refractivity contribution in [1.29, 1.82) is 0 Å². The van der Waals surface area contributed by atoms with Crippen LogP contribution in [0.5, 0.6) is 17.2 Å². The Hall–Kier alpha value is -4.07. The first-order valence-electron chi connectivity index (χ1n) is 10.5. The molecule has 0 aliphatic heterocycles. The van der Waals surface area contributed by atoms with Gasteiger partial charge in [-0.2, -0.15) is 0 Å². The van der Waals surface area contributed by atoms with E-state index in [0.29, 0.717) is 40.2 Å². The monoisotopic (exact) mass is 447 g/mol. The number of benzene rings is 2. The third-order valence-corrected chi connectivity index (χ3v) is 5.26. The molecule has 2 amide bonds. The second-order valence-electron chi connectivity index (χ2n) is 7.60. The van der Waals surface area contributed by atoms with Gasteiger partial charge in [-0.3, -0.25) is 9.59 Å². The van der Waals surface area contributed by atoms with Crippen LogP contribution in [0, 0.1) is 0 Å². The van der Waals surface area contributed by atoms with Crippen molar-refractivity contribution >= 4 is 17.5 Å². The molecule has 170 valence electrons. The number of carbonyl (C=O) groups is 2. The Bertz CT molecular complexity index is 1150. The van der Waals surface area contributed by atoms with Crippen LogP contribution >= 0.6 is 0 Å². The molecule has 33 heavy (non-hydrogen) atoms. The molecule has 1 heterocycles. The summed E-state index contributed by atoms with van der Waals surface area (Å²) in [7, 11) is 4.53. The number of nitrogens with zero attached hydrogens (tertiary/aromatic N) is 1. The lowest BCUT2D eigenvalue weighted by atomic mass is 10.1. The lowest BCUT2D eigenvalue weighted by Crippen LogP contribution is -2.25. The normalized spacial score (nSPS) is 12.6. The molecule has 3 aromatic rings. The molecule has 0 radical (unpaired) electrons. The number of carbonyl (C=O) groups excluding carboxylic acids is 2. The second-order valence-corrected chi connectivity index (χ2v) is 7.60. The molecule has 0 unspecified atom stereocenters. The topological polar surface area (TPSA) is 98.8 Å².